The molecule has 0 aromatic heterocycles. The summed E-state index contributed by atoms with van der Waals surface area (Å²) in [5.41, 5.74) is 0. The number of rotatable bonds is 11. The molecule has 0 spiro atoms. The SMILES string of the molecule is CC.CCCCCCCCCN(C)CCCC. The number of unbranched alkanes of at least 4 members (excludes halogenated alkanes) is 7. The second kappa shape index (κ2) is 18.3. The molecule has 0 fully saturated rings. The van der Waals surface area contributed by atoms with Crippen LogP contribution < -0.4 is 0 Å². The summed E-state index contributed by atoms with van der Waals surface area (Å²) in [5.74, 6) is 0. The van der Waals surface area contributed by atoms with Gasteiger partial charge in [0.05, 0.1) is 0 Å². The topological polar surface area (TPSA) is 3.24 Å². The minimum atomic E-state index is 1.28. The average Bonchev–Trinajstić information content (AvgIpc) is 2.37. The van der Waals surface area contributed by atoms with Gasteiger partial charge in [-0.05, 0) is 33.0 Å². The molecule has 0 amide bonds. The van der Waals surface area contributed by atoms with Crippen LogP contribution in [0.25, 0.3) is 0 Å². The van der Waals surface area contributed by atoms with Crippen molar-refractivity contribution in [3.8, 4) is 0 Å². The van der Waals surface area contributed by atoms with E-state index in [1.54, 1.807) is 0 Å². The molecule has 0 unspecified atom stereocenters. The lowest BCUT2D eigenvalue weighted by Crippen LogP contribution is -2.20. The summed E-state index contributed by atoms with van der Waals surface area (Å²) in [6.45, 7) is 11.1. The Morgan fingerprint density at radius 2 is 1.00 bits per heavy atom. The highest BCUT2D eigenvalue weighted by molar-refractivity contribution is 4.52. The third-order valence-electron chi connectivity index (χ3n) is 3.04. The van der Waals surface area contributed by atoms with Gasteiger partial charge in [-0.2, -0.15) is 0 Å². The summed E-state index contributed by atoms with van der Waals surface area (Å²) in [5, 5.41) is 0. The Kier molecular flexibility index (Phi) is 20.8. The van der Waals surface area contributed by atoms with E-state index in [2.05, 4.69) is 25.8 Å². The van der Waals surface area contributed by atoms with Gasteiger partial charge in [0, 0.05) is 0 Å². The first-order valence-corrected chi connectivity index (χ1v) is 7.99. The zero-order chi connectivity index (χ0) is 13.4. The van der Waals surface area contributed by atoms with Crippen molar-refractivity contribution in [3.05, 3.63) is 0 Å². The van der Waals surface area contributed by atoms with Crippen LogP contribution in [-0.4, -0.2) is 25.0 Å². The molecule has 0 aliphatic rings. The number of nitrogens with zero attached hydrogens (tertiary/aromatic N) is 1. The number of hydrogen-bond acceptors (Lipinski definition) is 1. The van der Waals surface area contributed by atoms with Crippen LogP contribution in [0.15, 0.2) is 0 Å². The van der Waals surface area contributed by atoms with Crippen molar-refractivity contribution in [1.82, 2.24) is 4.90 Å². The third kappa shape index (κ3) is 18.5. The highest BCUT2D eigenvalue weighted by Gasteiger charge is 1.96. The molecule has 1 heteroatoms. The Bertz CT molecular complexity index is 112. The fourth-order valence-corrected chi connectivity index (χ4v) is 1.88. The van der Waals surface area contributed by atoms with Crippen LogP contribution in [0, 0.1) is 0 Å². The maximum absolute atomic E-state index is 2.48. The van der Waals surface area contributed by atoms with Gasteiger partial charge in [0.1, 0.15) is 0 Å². The fraction of sp³-hybridized carbons (Fsp3) is 1.00. The van der Waals surface area contributed by atoms with Crippen LogP contribution in [0.2, 0.25) is 0 Å². The zero-order valence-corrected chi connectivity index (χ0v) is 13.2. The van der Waals surface area contributed by atoms with Crippen LogP contribution >= 0.6 is 0 Å². The monoisotopic (exact) mass is 243 g/mol. The second-order valence-corrected chi connectivity index (χ2v) is 4.78. The lowest BCUT2D eigenvalue weighted by atomic mass is 10.1. The van der Waals surface area contributed by atoms with Crippen LogP contribution in [0.4, 0.5) is 0 Å². The van der Waals surface area contributed by atoms with Crippen molar-refractivity contribution in [2.45, 2.75) is 85.5 Å². The van der Waals surface area contributed by atoms with Gasteiger partial charge in [-0.1, -0.05) is 72.6 Å². The fourth-order valence-electron chi connectivity index (χ4n) is 1.88. The normalized spacial score (nSPS) is 10.2. The highest BCUT2D eigenvalue weighted by atomic mass is 15.1. The second-order valence-electron chi connectivity index (χ2n) is 4.78. The summed E-state index contributed by atoms with van der Waals surface area (Å²) in [6.07, 6.45) is 12.6. The molecule has 0 saturated carbocycles. The molecule has 0 rings (SSSR count). The Hall–Kier alpha value is -0.0400. The maximum atomic E-state index is 2.48. The molecule has 0 N–H and O–H groups in total. The molecule has 0 saturated heterocycles. The smallest absolute Gasteiger partial charge is 0.00218 e. The van der Waals surface area contributed by atoms with E-state index in [1.165, 1.54) is 70.9 Å². The van der Waals surface area contributed by atoms with Crippen LogP contribution in [0.1, 0.15) is 85.5 Å². The zero-order valence-electron chi connectivity index (χ0n) is 13.2. The number of hydrogen-bond donors (Lipinski definition) is 0. The molecule has 0 aliphatic heterocycles. The predicted octanol–water partition coefficient (Wildman–Crippen LogP) is 5.50. The Labute approximate surface area is 111 Å². The Morgan fingerprint density at radius 3 is 1.53 bits per heavy atom. The lowest BCUT2D eigenvalue weighted by molar-refractivity contribution is 0.318. The molecule has 106 valence electrons. The summed E-state index contributed by atoms with van der Waals surface area (Å²) >= 11 is 0. The Balaban J connectivity index is 0. The summed E-state index contributed by atoms with van der Waals surface area (Å²) in [4.78, 5) is 2.48. The van der Waals surface area contributed by atoms with Gasteiger partial charge in [0.15, 0.2) is 0 Å². The first-order valence-electron chi connectivity index (χ1n) is 7.99. The van der Waals surface area contributed by atoms with Crippen LogP contribution in [-0.2, 0) is 0 Å². The van der Waals surface area contributed by atoms with Crippen LogP contribution in [0.5, 0.6) is 0 Å². The average molecular weight is 243 g/mol. The van der Waals surface area contributed by atoms with E-state index in [0.29, 0.717) is 0 Å². The van der Waals surface area contributed by atoms with E-state index in [9.17, 15) is 0 Å². The van der Waals surface area contributed by atoms with E-state index in [1.807, 2.05) is 13.8 Å². The van der Waals surface area contributed by atoms with Crippen molar-refractivity contribution in [3.63, 3.8) is 0 Å². The molecule has 0 bridgehead atoms. The van der Waals surface area contributed by atoms with Gasteiger partial charge < -0.3 is 4.90 Å². The molecule has 0 aromatic rings. The summed E-state index contributed by atoms with van der Waals surface area (Å²) in [6, 6.07) is 0. The molecule has 0 atom stereocenters. The molecule has 1 nitrogen and oxygen atoms in total. The van der Waals surface area contributed by atoms with E-state index in [-0.39, 0.29) is 0 Å². The van der Waals surface area contributed by atoms with E-state index in [0.717, 1.165) is 0 Å². The predicted molar refractivity (Wildman–Crippen MR) is 81.7 cm³/mol. The standard InChI is InChI=1S/C14H31N.C2H6/c1-4-6-8-9-10-11-12-14-15(3)13-7-5-2;1-2/h4-14H2,1-3H3;1-2H3. The molecular weight excluding hydrogens is 206 g/mol. The van der Waals surface area contributed by atoms with Crippen molar-refractivity contribution < 1.29 is 0 Å². The highest BCUT2D eigenvalue weighted by Crippen LogP contribution is 2.07. The first-order chi connectivity index (χ1) is 8.31. The van der Waals surface area contributed by atoms with Crippen molar-refractivity contribution in [2.24, 2.45) is 0 Å². The summed E-state index contributed by atoms with van der Waals surface area (Å²) in [7, 11) is 2.26. The quantitative estimate of drug-likeness (QED) is 0.433. The van der Waals surface area contributed by atoms with Gasteiger partial charge in [-0.25, -0.2) is 0 Å². The molecular formula is C16H37N. The molecule has 0 aliphatic carbocycles. The van der Waals surface area contributed by atoms with Crippen LogP contribution in [0.3, 0.4) is 0 Å². The largest absolute Gasteiger partial charge is 0.306 e. The molecule has 17 heavy (non-hydrogen) atoms. The van der Waals surface area contributed by atoms with Gasteiger partial charge in [0.25, 0.3) is 0 Å². The van der Waals surface area contributed by atoms with Crippen molar-refractivity contribution in [2.75, 3.05) is 20.1 Å². The van der Waals surface area contributed by atoms with Crippen molar-refractivity contribution in [1.29, 1.82) is 0 Å². The first kappa shape index (κ1) is 19.3. The molecule has 0 heterocycles. The summed E-state index contributed by atoms with van der Waals surface area (Å²) < 4.78 is 0. The van der Waals surface area contributed by atoms with E-state index < -0.39 is 0 Å². The maximum Gasteiger partial charge on any atom is -0.00218 e. The minimum absolute atomic E-state index is 1.28. The molecule has 0 radical (unpaired) electrons. The lowest BCUT2D eigenvalue weighted by Gasteiger charge is -2.15. The van der Waals surface area contributed by atoms with Gasteiger partial charge in [-0.3, -0.25) is 0 Å². The van der Waals surface area contributed by atoms with E-state index >= 15 is 0 Å². The van der Waals surface area contributed by atoms with E-state index in [4.69, 9.17) is 0 Å². The van der Waals surface area contributed by atoms with Crippen molar-refractivity contribution >= 4 is 0 Å². The third-order valence-corrected chi connectivity index (χ3v) is 3.04. The minimum Gasteiger partial charge on any atom is -0.306 e. The van der Waals surface area contributed by atoms with Gasteiger partial charge >= 0.3 is 0 Å². The molecule has 0 aromatic carbocycles. The Morgan fingerprint density at radius 1 is 0.588 bits per heavy atom. The van der Waals surface area contributed by atoms with Gasteiger partial charge in [0.2, 0.25) is 0 Å². The van der Waals surface area contributed by atoms with Gasteiger partial charge in [-0.15, -0.1) is 0 Å².